The van der Waals surface area contributed by atoms with Gasteiger partial charge in [0.2, 0.25) is 0 Å². The summed E-state index contributed by atoms with van der Waals surface area (Å²) >= 11 is 0. The monoisotopic (exact) mass is 320 g/mol. The van der Waals surface area contributed by atoms with Gasteiger partial charge in [-0.3, -0.25) is 0 Å². The second-order valence-electron chi connectivity index (χ2n) is 6.05. The molecule has 124 valence electrons. The molecule has 4 unspecified atom stereocenters. The van der Waals surface area contributed by atoms with Gasteiger partial charge < -0.3 is 9.84 Å². The molecule has 2 fully saturated rings. The Bertz CT molecular complexity index is 364. The average Bonchev–Trinajstić information content (AvgIpc) is 2.85. The van der Waals surface area contributed by atoms with Crippen molar-refractivity contribution in [3.05, 3.63) is 0 Å². The molecule has 1 N–H and O–H groups in total. The summed E-state index contributed by atoms with van der Waals surface area (Å²) in [6.45, 7) is 2.12. The number of ether oxygens (including phenoxy) is 1. The minimum Gasteiger partial charge on any atom is -0.378 e. The van der Waals surface area contributed by atoms with Crippen LogP contribution in [-0.2, 0) is 4.74 Å². The van der Waals surface area contributed by atoms with Crippen molar-refractivity contribution < 1.29 is 36.2 Å². The third-order valence-electron chi connectivity index (χ3n) is 4.77. The first-order chi connectivity index (χ1) is 9.49. The van der Waals surface area contributed by atoms with Gasteiger partial charge in [-0.2, -0.15) is 26.3 Å². The number of hydrogen-bond acceptors (Lipinski definition) is 2. The van der Waals surface area contributed by atoms with E-state index >= 15 is 0 Å². The Hall–Kier alpha value is -0.500. The third-order valence-corrected chi connectivity index (χ3v) is 4.77. The zero-order valence-corrected chi connectivity index (χ0v) is 11.5. The smallest absolute Gasteiger partial charge is 0.378 e. The zero-order chi connectivity index (χ0) is 16.1. The molecule has 4 atom stereocenters. The predicted molar refractivity (Wildman–Crippen MR) is 61.4 cm³/mol. The minimum absolute atomic E-state index is 0.0993. The molecule has 2 rings (SSSR count). The normalized spacial score (nSPS) is 33.7. The number of alkyl halides is 6. The van der Waals surface area contributed by atoms with Crippen LogP contribution in [0.25, 0.3) is 0 Å². The number of fused-ring (bicyclic) bond motifs is 2. The van der Waals surface area contributed by atoms with Crippen LogP contribution in [0.15, 0.2) is 0 Å². The van der Waals surface area contributed by atoms with Crippen LogP contribution in [0.4, 0.5) is 26.3 Å². The van der Waals surface area contributed by atoms with Crippen LogP contribution in [0.5, 0.6) is 0 Å². The lowest BCUT2D eigenvalue weighted by atomic mass is 9.78. The number of rotatable bonds is 4. The quantitative estimate of drug-likeness (QED) is 0.801. The van der Waals surface area contributed by atoms with E-state index in [0.29, 0.717) is 25.9 Å². The van der Waals surface area contributed by atoms with Crippen LogP contribution in [0, 0.1) is 17.8 Å². The van der Waals surface area contributed by atoms with E-state index in [-0.39, 0.29) is 17.9 Å². The van der Waals surface area contributed by atoms with Gasteiger partial charge in [-0.05, 0) is 50.4 Å². The van der Waals surface area contributed by atoms with Gasteiger partial charge in [0.15, 0.2) is 0 Å². The Labute approximate surface area is 118 Å². The second kappa shape index (κ2) is 5.30. The highest BCUT2D eigenvalue weighted by molar-refractivity contribution is 5.03. The first kappa shape index (κ1) is 16.9. The van der Waals surface area contributed by atoms with Crippen LogP contribution < -0.4 is 0 Å². The van der Waals surface area contributed by atoms with Gasteiger partial charge in [0.25, 0.3) is 5.60 Å². The van der Waals surface area contributed by atoms with Crippen molar-refractivity contribution in [2.45, 2.75) is 56.7 Å². The molecule has 0 aromatic carbocycles. The molecule has 21 heavy (non-hydrogen) atoms. The van der Waals surface area contributed by atoms with E-state index in [1.807, 2.05) is 0 Å². The van der Waals surface area contributed by atoms with Crippen molar-refractivity contribution >= 4 is 0 Å². The van der Waals surface area contributed by atoms with Crippen LogP contribution in [0.2, 0.25) is 0 Å². The third kappa shape index (κ3) is 2.88. The maximum absolute atomic E-state index is 12.7. The van der Waals surface area contributed by atoms with Crippen molar-refractivity contribution in [3.63, 3.8) is 0 Å². The van der Waals surface area contributed by atoms with E-state index in [2.05, 4.69) is 0 Å². The summed E-state index contributed by atoms with van der Waals surface area (Å²) < 4.78 is 81.8. The van der Waals surface area contributed by atoms with Gasteiger partial charge in [-0.1, -0.05) is 0 Å². The van der Waals surface area contributed by atoms with Crippen molar-refractivity contribution in [2.24, 2.45) is 17.8 Å². The molecule has 2 nitrogen and oxygen atoms in total. The summed E-state index contributed by atoms with van der Waals surface area (Å²) in [5, 5.41) is 9.30. The summed E-state index contributed by atoms with van der Waals surface area (Å²) in [7, 11) is 0. The van der Waals surface area contributed by atoms with Crippen LogP contribution in [0.3, 0.4) is 0 Å². The summed E-state index contributed by atoms with van der Waals surface area (Å²) in [5.74, 6) is -1.04. The fraction of sp³-hybridized carbons (Fsp3) is 1.00. The van der Waals surface area contributed by atoms with Gasteiger partial charge in [0, 0.05) is 6.61 Å². The Morgan fingerprint density at radius 2 is 1.57 bits per heavy atom. The molecule has 0 amide bonds. The fourth-order valence-electron chi connectivity index (χ4n) is 3.84. The largest absolute Gasteiger partial charge is 0.426 e. The number of aliphatic hydroxyl groups is 1. The summed E-state index contributed by atoms with van der Waals surface area (Å²) in [6.07, 6.45) is -11.5. The maximum Gasteiger partial charge on any atom is 0.426 e. The number of halogens is 6. The van der Waals surface area contributed by atoms with Gasteiger partial charge >= 0.3 is 12.4 Å². The van der Waals surface area contributed by atoms with Crippen LogP contribution >= 0.6 is 0 Å². The summed E-state index contributed by atoms with van der Waals surface area (Å²) in [4.78, 5) is 0. The first-order valence-electron chi connectivity index (χ1n) is 6.97. The lowest BCUT2D eigenvalue weighted by Crippen LogP contribution is -2.58. The molecule has 2 aliphatic carbocycles. The topological polar surface area (TPSA) is 29.5 Å². The molecule has 0 radical (unpaired) electrons. The summed E-state index contributed by atoms with van der Waals surface area (Å²) in [5.41, 5.74) is -4.63. The van der Waals surface area contributed by atoms with Crippen molar-refractivity contribution in [3.8, 4) is 0 Å². The van der Waals surface area contributed by atoms with Crippen LogP contribution in [-0.4, -0.2) is 35.8 Å². The molecule has 0 heterocycles. The highest BCUT2D eigenvalue weighted by Crippen LogP contribution is 2.56. The lowest BCUT2D eigenvalue weighted by molar-refractivity contribution is -0.373. The lowest BCUT2D eigenvalue weighted by Gasteiger charge is -2.38. The fourth-order valence-corrected chi connectivity index (χ4v) is 3.84. The molecule has 8 heteroatoms. The molecule has 0 saturated heterocycles. The highest BCUT2D eigenvalue weighted by atomic mass is 19.4. The van der Waals surface area contributed by atoms with Gasteiger partial charge in [0.1, 0.15) is 0 Å². The molecular weight excluding hydrogens is 302 g/mol. The Morgan fingerprint density at radius 1 is 1.00 bits per heavy atom. The second-order valence-corrected chi connectivity index (χ2v) is 6.05. The minimum atomic E-state index is -5.73. The molecule has 2 bridgehead atoms. The van der Waals surface area contributed by atoms with E-state index in [0.717, 1.165) is 0 Å². The van der Waals surface area contributed by atoms with E-state index in [1.165, 1.54) is 0 Å². The maximum atomic E-state index is 12.7. The Morgan fingerprint density at radius 3 is 2.00 bits per heavy atom. The predicted octanol–water partition coefficient (Wildman–Crippen LogP) is 3.68. The van der Waals surface area contributed by atoms with Crippen molar-refractivity contribution in [1.82, 2.24) is 0 Å². The molecule has 0 spiro atoms. The van der Waals surface area contributed by atoms with Crippen molar-refractivity contribution in [1.29, 1.82) is 0 Å². The highest BCUT2D eigenvalue weighted by Gasteiger charge is 2.71. The Balaban J connectivity index is 2.16. The molecule has 2 aliphatic rings. The molecule has 0 aromatic rings. The van der Waals surface area contributed by atoms with Gasteiger partial charge in [0.05, 0.1) is 6.10 Å². The van der Waals surface area contributed by atoms with E-state index in [9.17, 15) is 31.4 Å². The number of hydrogen-bond donors (Lipinski definition) is 1. The van der Waals surface area contributed by atoms with Crippen LogP contribution in [0.1, 0.15) is 32.6 Å². The zero-order valence-electron chi connectivity index (χ0n) is 11.5. The van der Waals surface area contributed by atoms with E-state index < -0.39 is 30.3 Å². The average molecular weight is 320 g/mol. The van der Waals surface area contributed by atoms with Gasteiger partial charge in [-0.15, -0.1) is 0 Å². The Kier molecular flexibility index (Phi) is 4.25. The molecule has 2 saturated carbocycles. The summed E-state index contributed by atoms with van der Waals surface area (Å²) in [6, 6.07) is 0. The molecule has 0 aliphatic heterocycles. The SMILES string of the molecule is CCOC1CC2CC(CC(O)(C(F)(F)F)C(F)(F)F)C1C2. The molecular formula is C13H18F6O2. The first-order valence-corrected chi connectivity index (χ1v) is 6.97. The van der Waals surface area contributed by atoms with Gasteiger partial charge in [-0.25, -0.2) is 0 Å². The molecule has 0 aromatic heterocycles. The standard InChI is InChI=1S/C13H18F6O2/c1-2-21-10-5-7-3-8(9(10)4-7)6-11(20,12(14,15)16)13(17,18)19/h7-10,20H,2-6H2,1H3. The van der Waals surface area contributed by atoms with E-state index in [4.69, 9.17) is 4.74 Å². The van der Waals surface area contributed by atoms with Crippen molar-refractivity contribution in [2.75, 3.05) is 6.61 Å². The van der Waals surface area contributed by atoms with E-state index in [1.54, 1.807) is 6.92 Å².